The second-order valence-electron chi connectivity index (χ2n) is 5.05. The molecule has 1 unspecified atom stereocenters. The van der Waals surface area contributed by atoms with Gasteiger partial charge in [0.2, 0.25) is 0 Å². The molecule has 18 heavy (non-hydrogen) atoms. The Morgan fingerprint density at radius 3 is 2.78 bits per heavy atom. The van der Waals surface area contributed by atoms with Crippen LogP contribution in [-0.4, -0.2) is 22.5 Å². The Kier molecular flexibility index (Phi) is 4.45. The highest BCUT2D eigenvalue weighted by atomic mass is 79.9. The smallest absolute Gasteiger partial charge is 0.0886 e. The van der Waals surface area contributed by atoms with E-state index in [0.29, 0.717) is 0 Å². The summed E-state index contributed by atoms with van der Waals surface area (Å²) in [6.07, 6.45) is 7.35. The molecule has 102 valence electrons. The first-order valence-electron chi connectivity index (χ1n) is 6.66. The van der Waals surface area contributed by atoms with Gasteiger partial charge in [-0.05, 0) is 35.2 Å². The second-order valence-corrected chi connectivity index (χ2v) is 5.91. The number of nitrogens with two attached hydrogens (primary N) is 1. The number of hydrogen-bond acceptors (Lipinski definition) is 3. The Labute approximate surface area is 117 Å². The minimum absolute atomic E-state index is 0.117. The summed E-state index contributed by atoms with van der Waals surface area (Å²) in [4.78, 5) is 0. The van der Waals surface area contributed by atoms with Crippen molar-refractivity contribution in [3.63, 3.8) is 0 Å². The maximum atomic E-state index is 6.51. The first-order valence-corrected chi connectivity index (χ1v) is 7.46. The third-order valence-electron chi connectivity index (χ3n) is 3.99. The van der Waals surface area contributed by atoms with E-state index in [-0.39, 0.29) is 11.6 Å². The van der Waals surface area contributed by atoms with E-state index in [1.807, 2.05) is 10.9 Å². The molecule has 1 aliphatic carbocycles. The molecular formula is C13H22BrN3O. The van der Waals surface area contributed by atoms with Gasteiger partial charge in [-0.15, -0.1) is 0 Å². The van der Waals surface area contributed by atoms with Crippen LogP contribution < -0.4 is 5.73 Å². The molecule has 0 aliphatic heterocycles. The molecule has 0 bridgehead atoms. The lowest BCUT2D eigenvalue weighted by Crippen LogP contribution is -2.41. The van der Waals surface area contributed by atoms with Crippen molar-refractivity contribution in [1.29, 1.82) is 0 Å². The largest absolute Gasteiger partial charge is 0.376 e. The van der Waals surface area contributed by atoms with Crippen LogP contribution >= 0.6 is 15.9 Å². The summed E-state index contributed by atoms with van der Waals surface area (Å²) in [6, 6.07) is -0.117. The average Bonchev–Trinajstić information content (AvgIpc) is 2.97. The van der Waals surface area contributed by atoms with Crippen molar-refractivity contribution < 1.29 is 4.74 Å². The molecule has 2 N–H and O–H groups in total. The number of rotatable bonds is 5. The van der Waals surface area contributed by atoms with Crippen LogP contribution in [0.2, 0.25) is 0 Å². The molecular weight excluding hydrogens is 294 g/mol. The first kappa shape index (κ1) is 14.0. The maximum absolute atomic E-state index is 6.51. The van der Waals surface area contributed by atoms with Crippen LogP contribution in [0, 0.1) is 0 Å². The third kappa shape index (κ3) is 2.36. The Bertz CT molecular complexity index is 399. The zero-order valence-corrected chi connectivity index (χ0v) is 12.7. The predicted octanol–water partition coefficient (Wildman–Crippen LogP) is 3.01. The van der Waals surface area contributed by atoms with Crippen molar-refractivity contribution in [1.82, 2.24) is 9.78 Å². The lowest BCUT2D eigenvalue weighted by molar-refractivity contribution is -0.0286. The third-order valence-corrected chi connectivity index (χ3v) is 4.60. The molecule has 2 rings (SSSR count). The SMILES string of the molecule is CCCn1ncc(Br)c1C(N)C1(OC)CCCC1. The van der Waals surface area contributed by atoms with Crippen LogP contribution in [0.1, 0.15) is 50.8 Å². The zero-order chi connectivity index (χ0) is 13.2. The van der Waals surface area contributed by atoms with Crippen molar-refractivity contribution in [3.05, 3.63) is 16.4 Å². The highest BCUT2D eigenvalue weighted by Gasteiger charge is 2.42. The van der Waals surface area contributed by atoms with E-state index in [9.17, 15) is 0 Å². The van der Waals surface area contributed by atoms with Crippen LogP contribution in [0.25, 0.3) is 0 Å². The second kappa shape index (κ2) is 5.72. The van der Waals surface area contributed by atoms with Gasteiger partial charge in [0, 0.05) is 13.7 Å². The zero-order valence-electron chi connectivity index (χ0n) is 11.2. The number of nitrogens with zero attached hydrogens (tertiary/aromatic N) is 2. The summed E-state index contributed by atoms with van der Waals surface area (Å²) in [5.74, 6) is 0. The fraction of sp³-hybridized carbons (Fsp3) is 0.769. The van der Waals surface area contributed by atoms with Crippen LogP contribution in [0.3, 0.4) is 0 Å². The first-order chi connectivity index (χ1) is 8.64. The highest BCUT2D eigenvalue weighted by Crippen LogP contribution is 2.42. The van der Waals surface area contributed by atoms with E-state index in [0.717, 1.165) is 36.0 Å². The van der Waals surface area contributed by atoms with Crippen LogP contribution in [0.15, 0.2) is 10.7 Å². The van der Waals surface area contributed by atoms with Crippen molar-refractivity contribution in [2.75, 3.05) is 7.11 Å². The van der Waals surface area contributed by atoms with Gasteiger partial charge in [-0.1, -0.05) is 19.8 Å². The molecule has 1 aromatic heterocycles. The fourth-order valence-electron chi connectivity index (χ4n) is 2.94. The summed E-state index contributed by atoms with van der Waals surface area (Å²) >= 11 is 3.57. The molecule has 0 amide bonds. The van der Waals surface area contributed by atoms with Gasteiger partial charge in [-0.3, -0.25) is 4.68 Å². The molecule has 0 spiro atoms. The minimum Gasteiger partial charge on any atom is -0.376 e. The highest BCUT2D eigenvalue weighted by molar-refractivity contribution is 9.10. The molecule has 1 saturated carbocycles. The van der Waals surface area contributed by atoms with Crippen molar-refractivity contribution in [2.24, 2.45) is 5.73 Å². The van der Waals surface area contributed by atoms with Crippen LogP contribution in [0.4, 0.5) is 0 Å². The van der Waals surface area contributed by atoms with Gasteiger partial charge in [-0.2, -0.15) is 5.10 Å². The maximum Gasteiger partial charge on any atom is 0.0886 e. The number of halogens is 1. The number of hydrogen-bond donors (Lipinski definition) is 1. The Hall–Kier alpha value is -0.390. The molecule has 1 aliphatic rings. The fourth-order valence-corrected chi connectivity index (χ4v) is 3.48. The molecule has 4 nitrogen and oxygen atoms in total. The van der Waals surface area contributed by atoms with Crippen LogP contribution in [0.5, 0.6) is 0 Å². The molecule has 1 heterocycles. The average molecular weight is 316 g/mol. The lowest BCUT2D eigenvalue weighted by Gasteiger charge is -2.34. The Balaban J connectivity index is 2.32. The molecule has 5 heteroatoms. The van der Waals surface area contributed by atoms with E-state index in [1.54, 1.807) is 7.11 Å². The quantitative estimate of drug-likeness (QED) is 0.908. The molecule has 0 radical (unpaired) electrons. The summed E-state index contributed by atoms with van der Waals surface area (Å²) in [5, 5.41) is 4.40. The summed E-state index contributed by atoms with van der Waals surface area (Å²) in [7, 11) is 1.78. The van der Waals surface area contributed by atoms with E-state index in [4.69, 9.17) is 10.5 Å². The number of aromatic nitrogens is 2. The van der Waals surface area contributed by atoms with E-state index in [2.05, 4.69) is 28.0 Å². The normalized spacial score (nSPS) is 20.2. The van der Waals surface area contributed by atoms with Gasteiger partial charge in [0.25, 0.3) is 0 Å². The number of aryl methyl sites for hydroxylation is 1. The molecule has 1 fully saturated rings. The van der Waals surface area contributed by atoms with Crippen molar-refractivity contribution in [2.45, 2.75) is 57.2 Å². The standard InChI is InChI=1S/C13H22BrN3O/c1-3-8-17-11(10(14)9-16-17)12(15)13(18-2)6-4-5-7-13/h9,12H,3-8,15H2,1-2H3. The Morgan fingerprint density at radius 2 is 2.22 bits per heavy atom. The minimum atomic E-state index is -0.214. The number of methoxy groups -OCH3 is 1. The van der Waals surface area contributed by atoms with Gasteiger partial charge in [0.15, 0.2) is 0 Å². The van der Waals surface area contributed by atoms with Crippen molar-refractivity contribution >= 4 is 15.9 Å². The topological polar surface area (TPSA) is 53.1 Å². The van der Waals surface area contributed by atoms with E-state index >= 15 is 0 Å². The van der Waals surface area contributed by atoms with Crippen LogP contribution in [-0.2, 0) is 11.3 Å². The van der Waals surface area contributed by atoms with E-state index in [1.165, 1.54) is 12.8 Å². The number of ether oxygens (including phenoxy) is 1. The van der Waals surface area contributed by atoms with E-state index < -0.39 is 0 Å². The monoisotopic (exact) mass is 315 g/mol. The molecule has 1 aromatic rings. The lowest BCUT2D eigenvalue weighted by atomic mass is 9.90. The van der Waals surface area contributed by atoms with Gasteiger partial charge in [0.1, 0.15) is 0 Å². The molecule has 1 atom stereocenters. The summed E-state index contributed by atoms with van der Waals surface area (Å²) < 4.78 is 8.79. The van der Waals surface area contributed by atoms with Gasteiger partial charge in [-0.25, -0.2) is 0 Å². The molecule has 0 saturated heterocycles. The van der Waals surface area contributed by atoms with Gasteiger partial charge < -0.3 is 10.5 Å². The predicted molar refractivity (Wildman–Crippen MR) is 75.4 cm³/mol. The van der Waals surface area contributed by atoms with Gasteiger partial charge >= 0.3 is 0 Å². The molecule has 0 aromatic carbocycles. The Morgan fingerprint density at radius 1 is 1.56 bits per heavy atom. The van der Waals surface area contributed by atoms with Gasteiger partial charge in [0.05, 0.1) is 28.0 Å². The van der Waals surface area contributed by atoms with Crippen molar-refractivity contribution in [3.8, 4) is 0 Å². The summed E-state index contributed by atoms with van der Waals surface area (Å²) in [5.41, 5.74) is 7.36. The summed E-state index contributed by atoms with van der Waals surface area (Å²) in [6.45, 7) is 3.04.